The Morgan fingerprint density at radius 2 is 1.97 bits per heavy atom. The van der Waals surface area contributed by atoms with Gasteiger partial charge in [0.05, 0.1) is 11.3 Å². The summed E-state index contributed by atoms with van der Waals surface area (Å²) in [6.45, 7) is 0. The monoisotopic (exact) mass is 472 g/mol. The Hall–Kier alpha value is -4.20. The van der Waals surface area contributed by atoms with E-state index in [4.69, 9.17) is 26.4 Å². The van der Waals surface area contributed by atoms with Crippen LogP contribution in [0.3, 0.4) is 0 Å². The molecular formula is C17H12ClF3N6O5. The molecule has 15 heteroatoms. The van der Waals surface area contributed by atoms with E-state index in [0.717, 1.165) is 0 Å². The molecule has 168 valence electrons. The number of oxime groups is 1. The van der Waals surface area contributed by atoms with Crippen molar-refractivity contribution in [2.75, 3.05) is 10.8 Å². The Kier molecular flexibility index (Phi) is 8.47. The molecule has 11 nitrogen and oxygen atoms in total. The van der Waals surface area contributed by atoms with Crippen LogP contribution in [0.15, 0.2) is 58.6 Å². The highest BCUT2D eigenvalue weighted by atomic mass is 35.5. The zero-order valence-corrected chi connectivity index (χ0v) is 16.3. The summed E-state index contributed by atoms with van der Waals surface area (Å²) in [7, 11) is 0. The van der Waals surface area contributed by atoms with E-state index in [-0.39, 0.29) is 11.5 Å². The van der Waals surface area contributed by atoms with Crippen LogP contribution >= 0.6 is 11.6 Å². The van der Waals surface area contributed by atoms with Crippen molar-refractivity contribution in [1.82, 2.24) is 15.3 Å². The number of rotatable bonds is 6. The maximum Gasteiger partial charge on any atom is 0.490 e. The minimum absolute atomic E-state index is 0.101. The number of nitrogens with one attached hydrogen (secondary N) is 2. The summed E-state index contributed by atoms with van der Waals surface area (Å²) < 4.78 is 36.3. The fraction of sp³-hybridized carbons (Fsp3) is 0.0588. The Morgan fingerprint density at radius 3 is 2.59 bits per heavy atom. The lowest BCUT2D eigenvalue weighted by Gasteiger charge is -2.02. The third-order valence-corrected chi connectivity index (χ3v) is 3.36. The number of alkyl halides is 3. The molecule has 32 heavy (non-hydrogen) atoms. The van der Waals surface area contributed by atoms with Gasteiger partial charge in [-0.15, -0.1) is 0 Å². The van der Waals surface area contributed by atoms with Crippen molar-refractivity contribution in [3.05, 3.63) is 65.1 Å². The molecule has 0 saturated heterocycles. The molecule has 3 N–H and O–H groups in total. The molecule has 0 bridgehead atoms. The van der Waals surface area contributed by atoms with Gasteiger partial charge in [-0.1, -0.05) is 22.8 Å². The molecule has 0 aliphatic heterocycles. The van der Waals surface area contributed by atoms with E-state index in [1.54, 1.807) is 42.6 Å². The zero-order chi connectivity index (χ0) is 23.6. The first-order chi connectivity index (χ1) is 15.2. The number of aromatic nitrogens is 3. The first kappa shape index (κ1) is 24.1. The van der Waals surface area contributed by atoms with E-state index in [2.05, 4.69) is 35.9 Å². The summed E-state index contributed by atoms with van der Waals surface area (Å²) in [5.74, 6) is -3.06. The normalized spacial score (nSPS) is 10.8. The molecular weight excluding hydrogens is 461 g/mol. The van der Waals surface area contributed by atoms with Gasteiger partial charge in [-0.05, 0) is 40.6 Å². The predicted molar refractivity (Wildman–Crippen MR) is 104 cm³/mol. The third-order valence-electron chi connectivity index (χ3n) is 3.13. The van der Waals surface area contributed by atoms with Crippen LogP contribution in [0.4, 0.5) is 24.7 Å². The topological polar surface area (TPSA) is 152 Å². The van der Waals surface area contributed by atoms with Crippen molar-refractivity contribution in [3.63, 3.8) is 0 Å². The number of carboxylic acid groups (broad SMARTS) is 1. The van der Waals surface area contributed by atoms with E-state index in [0.29, 0.717) is 16.3 Å². The molecule has 2 aromatic heterocycles. The number of amides is 1. The van der Waals surface area contributed by atoms with Gasteiger partial charge >= 0.3 is 12.1 Å². The van der Waals surface area contributed by atoms with Crippen molar-refractivity contribution in [3.8, 4) is 0 Å². The number of carbonyl (C=O) groups excluding carboxylic acids is 1. The fourth-order valence-electron chi connectivity index (χ4n) is 1.75. The van der Waals surface area contributed by atoms with Gasteiger partial charge in [0.1, 0.15) is 6.21 Å². The highest BCUT2D eigenvalue weighted by Crippen LogP contribution is 2.15. The van der Waals surface area contributed by atoms with E-state index >= 15 is 0 Å². The maximum atomic E-state index is 12.0. The van der Waals surface area contributed by atoms with Gasteiger partial charge in [-0.2, -0.15) is 18.7 Å². The number of pyridine rings is 1. The molecule has 0 radical (unpaired) electrons. The molecule has 0 aliphatic rings. The van der Waals surface area contributed by atoms with Gasteiger partial charge in [0.15, 0.2) is 5.69 Å². The largest absolute Gasteiger partial charge is 0.490 e. The molecule has 0 spiro atoms. The lowest BCUT2D eigenvalue weighted by molar-refractivity contribution is -0.192. The van der Waals surface area contributed by atoms with Crippen LogP contribution in [0.1, 0.15) is 16.1 Å². The molecule has 0 unspecified atom stereocenters. The van der Waals surface area contributed by atoms with Crippen LogP contribution in [0.5, 0.6) is 0 Å². The van der Waals surface area contributed by atoms with Crippen molar-refractivity contribution < 1.29 is 37.4 Å². The molecule has 1 amide bonds. The van der Waals surface area contributed by atoms with Gasteiger partial charge in [0.2, 0.25) is 5.82 Å². The van der Waals surface area contributed by atoms with Crippen LogP contribution < -0.4 is 10.8 Å². The average molecular weight is 473 g/mol. The van der Waals surface area contributed by atoms with Crippen LogP contribution in [0.25, 0.3) is 0 Å². The molecule has 2 heterocycles. The minimum Gasteiger partial charge on any atom is -0.475 e. The van der Waals surface area contributed by atoms with Crippen molar-refractivity contribution in [2.24, 2.45) is 5.16 Å². The Morgan fingerprint density at radius 1 is 1.22 bits per heavy atom. The van der Waals surface area contributed by atoms with Crippen molar-refractivity contribution >= 4 is 41.2 Å². The van der Waals surface area contributed by atoms with E-state index in [1.807, 2.05) is 0 Å². The Labute approximate surface area is 181 Å². The lowest BCUT2D eigenvalue weighted by Crippen LogP contribution is -2.21. The second-order valence-electron chi connectivity index (χ2n) is 5.44. The first-order valence-corrected chi connectivity index (χ1v) is 8.59. The standard InChI is InChI=1S/C15H11ClN6O3.C2HF3O2/c16-11-4-1-5-12(7-11)20-24-18-9-13-14(22-25-21-13)19-15(23)10-3-2-6-17-8-10;3-2(4,5)1(6)7/h1-9,20H,(H,19,22,23);(H,6,7)/b18-9+;. The smallest absolute Gasteiger partial charge is 0.475 e. The number of anilines is 2. The van der Waals surface area contributed by atoms with E-state index in [1.165, 1.54) is 12.4 Å². The number of carboxylic acids is 1. The quantitative estimate of drug-likeness (QED) is 0.362. The molecule has 0 fully saturated rings. The summed E-state index contributed by atoms with van der Waals surface area (Å²) >= 11 is 5.85. The lowest BCUT2D eigenvalue weighted by atomic mass is 10.2. The number of hydrogen-bond acceptors (Lipinski definition) is 9. The molecule has 0 aliphatic carbocycles. The second kappa shape index (κ2) is 11.3. The van der Waals surface area contributed by atoms with Crippen molar-refractivity contribution in [1.29, 1.82) is 0 Å². The molecule has 0 saturated carbocycles. The van der Waals surface area contributed by atoms with E-state index < -0.39 is 18.1 Å². The van der Waals surface area contributed by atoms with Crippen LogP contribution in [-0.2, 0) is 9.73 Å². The number of nitrogens with zero attached hydrogens (tertiary/aromatic N) is 4. The van der Waals surface area contributed by atoms with Crippen LogP contribution in [0, 0.1) is 0 Å². The predicted octanol–water partition coefficient (Wildman–Crippen LogP) is 3.38. The van der Waals surface area contributed by atoms with Gasteiger partial charge in [-0.3, -0.25) is 14.7 Å². The Bertz CT molecular complexity index is 1080. The first-order valence-electron chi connectivity index (χ1n) is 8.22. The van der Waals surface area contributed by atoms with E-state index in [9.17, 15) is 18.0 Å². The highest BCUT2D eigenvalue weighted by molar-refractivity contribution is 6.30. The fourth-order valence-corrected chi connectivity index (χ4v) is 1.94. The van der Waals surface area contributed by atoms with Gasteiger partial charge < -0.3 is 10.4 Å². The maximum absolute atomic E-state index is 12.0. The van der Waals surface area contributed by atoms with Crippen LogP contribution in [-0.4, -0.2) is 44.7 Å². The minimum atomic E-state index is -5.08. The summed E-state index contributed by atoms with van der Waals surface area (Å²) in [6.07, 6.45) is -0.863. The molecule has 3 aromatic rings. The van der Waals surface area contributed by atoms with Gasteiger partial charge in [0.25, 0.3) is 5.91 Å². The number of benzene rings is 1. The second-order valence-corrected chi connectivity index (χ2v) is 5.87. The zero-order valence-electron chi connectivity index (χ0n) is 15.6. The number of halogens is 4. The molecule has 0 atom stereocenters. The third kappa shape index (κ3) is 7.91. The number of carbonyl (C=O) groups is 2. The molecule has 3 rings (SSSR count). The summed E-state index contributed by atoms with van der Waals surface area (Å²) in [5, 5.41) is 21.1. The highest BCUT2D eigenvalue weighted by Gasteiger charge is 2.38. The number of hydrogen-bond donors (Lipinski definition) is 3. The van der Waals surface area contributed by atoms with Crippen molar-refractivity contribution in [2.45, 2.75) is 6.18 Å². The average Bonchev–Trinajstić information content (AvgIpc) is 3.18. The SMILES string of the molecule is O=C(Nc1nonc1/C=N/ONc1cccc(Cl)c1)c1cccnc1.O=C(O)C(F)(F)F. The van der Waals surface area contributed by atoms with Gasteiger partial charge in [-0.25, -0.2) is 9.42 Å². The Balaban J connectivity index is 0.000000451. The summed E-state index contributed by atoms with van der Waals surface area (Å²) in [6, 6.07) is 10.2. The number of aliphatic carboxylic acids is 1. The summed E-state index contributed by atoms with van der Waals surface area (Å²) in [4.78, 5) is 29.7. The van der Waals surface area contributed by atoms with Crippen LogP contribution in [0.2, 0.25) is 5.02 Å². The molecule has 1 aromatic carbocycles. The summed E-state index contributed by atoms with van der Waals surface area (Å²) in [5.41, 5.74) is 3.75. The van der Waals surface area contributed by atoms with Gasteiger partial charge in [0, 0.05) is 17.4 Å².